The Morgan fingerprint density at radius 3 is 2.50 bits per heavy atom. The summed E-state index contributed by atoms with van der Waals surface area (Å²) in [7, 11) is 1.66. The third kappa shape index (κ3) is 4.29. The number of pyridine rings is 1. The van der Waals surface area contributed by atoms with Gasteiger partial charge in [-0.15, -0.1) is 0 Å². The average Bonchev–Trinajstić information content (AvgIpc) is 3.25. The molecule has 30 heavy (non-hydrogen) atoms. The summed E-state index contributed by atoms with van der Waals surface area (Å²) in [5.74, 6) is -0.191. The predicted octanol–water partition coefficient (Wildman–Crippen LogP) is 4.01. The van der Waals surface area contributed by atoms with Crippen LogP contribution in [0, 0.1) is 0 Å². The van der Waals surface area contributed by atoms with E-state index in [2.05, 4.69) is 15.4 Å². The fraction of sp³-hybridized carbons (Fsp3) is 0.125. The summed E-state index contributed by atoms with van der Waals surface area (Å²) in [5.41, 5.74) is 4.83. The van der Waals surface area contributed by atoms with E-state index in [9.17, 15) is 4.79 Å². The van der Waals surface area contributed by atoms with Crippen molar-refractivity contribution in [2.75, 3.05) is 7.11 Å². The number of amides is 1. The molecule has 0 aliphatic carbocycles. The molecular formula is C24H22N4O2. The van der Waals surface area contributed by atoms with Crippen LogP contribution in [0.4, 0.5) is 0 Å². The van der Waals surface area contributed by atoms with Gasteiger partial charge in [0.15, 0.2) is 0 Å². The molecule has 0 radical (unpaired) electrons. The zero-order valence-corrected chi connectivity index (χ0v) is 16.7. The molecule has 0 saturated carbocycles. The molecule has 2 aromatic carbocycles. The Hall–Kier alpha value is -3.77. The number of ether oxygens (including phenoxy) is 1. The first-order chi connectivity index (χ1) is 14.8. The maximum Gasteiger partial charge on any atom is 0.255 e. The molecule has 1 amide bonds. The molecule has 0 saturated heterocycles. The Bertz CT molecular complexity index is 1120. The number of hydrogen-bond acceptors (Lipinski definition) is 4. The minimum Gasteiger partial charge on any atom is -0.380 e. The maximum atomic E-state index is 13.1. The van der Waals surface area contributed by atoms with Gasteiger partial charge in [0, 0.05) is 37.8 Å². The normalized spacial score (nSPS) is 10.7. The van der Waals surface area contributed by atoms with Gasteiger partial charge in [-0.25, -0.2) is 4.68 Å². The fourth-order valence-corrected chi connectivity index (χ4v) is 3.27. The fourth-order valence-electron chi connectivity index (χ4n) is 3.27. The van der Waals surface area contributed by atoms with Crippen LogP contribution in [0.3, 0.4) is 0 Å². The Morgan fingerprint density at radius 1 is 1.00 bits per heavy atom. The van der Waals surface area contributed by atoms with Crippen LogP contribution in [0.1, 0.15) is 21.5 Å². The topological polar surface area (TPSA) is 69.0 Å². The first-order valence-corrected chi connectivity index (χ1v) is 9.65. The van der Waals surface area contributed by atoms with E-state index >= 15 is 0 Å². The van der Waals surface area contributed by atoms with Crippen molar-refractivity contribution in [2.45, 2.75) is 13.2 Å². The molecule has 0 atom stereocenters. The summed E-state index contributed by atoms with van der Waals surface area (Å²) in [4.78, 5) is 17.3. The molecule has 6 nitrogen and oxygen atoms in total. The largest absolute Gasteiger partial charge is 0.380 e. The number of methoxy groups -OCH3 is 1. The molecule has 150 valence electrons. The molecule has 6 heteroatoms. The van der Waals surface area contributed by atoms with Crippen molar-refractivity contribution in [2.24, 2.45) is 0 Å². The molecule has 2 heterocycles. The van der Waals surface area contributed by atoms with Crippen LogP contribution < -0.4 is 5.32 Å². The monoisotopic (exact) mass is 398 g/mol. The molecule has 0 fully saturated rings. The Balaban J connectivity index is 1.64. The molecule has 0 bridgehead atoms. The third-order valence-corrected chi connectivity index (χ3v) is 4.77. The highest BCUT2D eigenvalue weighted by Gasteiger charge is 2.19. The van der Waals surface area contributed by atoms with Gasteiger partial charge < -0.3 is 10.1 Å². The van der Waals surface area contributed by atoms with E-state index in [0.29, 0.717) is 24.4 Å². The quantitative estimate of drug-likeness (QED) is 0.511. The predicted molar refractivity (Wildman–Crippen MR) is 115 cm³/mol. The Labute approximate surface area is 175 Å². The highest BCUT2D eigenvalue weighted by atomic mass is 16.5. The van der Waals surface area contributed by atoms with Crippen LogP contribution in [0.15, 0.2) is 85.3 Å². The summed E-state index contributed by atoms with van der Waals surface area (Å²) in [5, 5.41) is 7.69. The second-order valence-corrected chi connectivity index (χ2v) is 6.80. The van der Waals surface area contributed by atoms with Crippen LogP contribution in [-0.2, 0) is 17.9 Å². The highest BCUT2D eigenvalue weighted by molar-refractivity contribution is 5.99. The van der Waals surface area contributed by atoms with Gasteiger partial charge in [-0.1, -0.05) is 42.5 Å². The molecule has 4 aromatic rings. The zero-order valence-electron chi connectivity index (χ0n) is 16.7. The second kappa shape index (κ2) is 9.15. The number of aromatic nitrogens is 3. The third-order valence-electron chi connectivity index (χ3n) is 4.77. The molecular weight excluding hydrogens is 376 g/mol. The Morgan fingerprint density at radius 2 is 1.77 bits per heavy atom. The molecule has 0 spiro atoms. The van der Waals surface area contributed by atoms with Crippen molar-refractivity contribution in [1.29, 1.82) is 0 Å². The van der Waals surface area contributed by atoms with Crippen LogP contribution in [0.25, 0.3) is 16.9 Å². The number of rotatable bonds is 7. The average molecular weight is 398 g/mol. The van der Waals surface area contributed by atoms with Crippen molar-refractivity contribution < 1.29 is 9.53 Å². The van der Waals surface area contributed by atoms with Crippen LogP contribution >= 0.6 is 0 Å². The van der Waals surface area contributed by atoms with E-state index in [0.717, 1.165) is 22.4 Å². The summed E-state index contributed by atoms with van der Waals surface area (Å²) in [6.07, 6.45) is 5.17. The van der Waals surface area contributed by atoms with Crippen molar-refractivity contribution in [3.8, 4) is 16.9 Å². The molecule has 0 aliphatic rings. The molecule has 4 rings (SSSR count). The van der Waals surface area contributed by atoms with E-state index in [4.69, 9.17) is 4.74 Å². The molecule has 0 aliphatic heterocycles. The minimum atomic E-state index is -0.191. The van der Waals surface area contributed by atoms with Crippen molar-refractivity contribution in [1.82, 2.24) is 20.1 Å². The van der Waals surface area contributed by atoms with Gasteiger partial charge in [-0.2, -0.15) is 5.10 Å². The van der Waals surface area contributed by atoms with E-state index in [1.165, 1.54) is 0 Å². The van der Waals surface area contributed by atoms with Gasteiger partial charge in [0.25, 0.3) is 5.91 Å². The van der Waals surface area contributed by atoms with Gasteiger partial charge in [-0.05, 0) is 35.4 Å². The molecule has 0 unspecified atom stereocenters. The van der Waals surface area contributed by atoms with Gasteiger partial charge >= 0.3 is 0 Å². The number of benzene rings is 2. The maximum absolute atomic E-state index is 13.1. The van der Waals surface area contributed by atoms with E-state index in [1.54, 1.807) is 30.4 Å². The van der Waals surface area contributed by atoms with Crippen LogP contribution in [0.2, 0.25) is 0 Å². The lowest BCUT2D eigenvalue weighted by atomic mass is 10.1. The first-order valence-electron chi connectivity index (χ1n) is 9.65. The number of carbonyl (C=O) groups excluding carboxylic acids is 1. The van der Waals surface area contributed by atoms with Crippen molar-refractivity contribution in [3.05, 3.63) is 102 Å². The summed E-state index contributed by atoms with van der Waals surface area (Å²) >= 11 is 0. The van der Waals surface area contributed by atoms with Crippen LogP contribution in [-0.4, -0.2) is 27.8 Å². The second-order valence-electron chi connectivity index (χ2n) is 6.80. The number of carbonyl (C=O) groups is 1. The van der Waals surface area contributed by atoms with Crippen molar-refractivity contribution >= 4 is 5.91 Å². The lowest BCUT2D eigenvalue weighted by Gasteiger charge is -2.10. The van der Waals surface area contributed by atoms with Crippen molar-refractivity contribution in [3.63, 3.8) is 0 Å². The summed E-state index contributed by atoms with van der Waals surface area (Å²) in [6.45, 7) is 0.903. The number of hydrogen-bond donors (Lipinski definition) is 1. The number of para-hydroxylation sites is 1. The van der Waals surface area contributed by atoms with Gasteiger partial charge in [-0.3, -0.25) is 9.78 Å². The van der Waals surface area contributed by atoms with E-state index in [1.807, 2.05) is 66.7 Å². The SMILES string of the molecule is COCc1ccccc1CNC(=O)c1cn(-c2ccccc2)nc1-c1cccnc1. The van der Waals surface area contributed by atoms with Gasteiger partial charge in [0.05, 0.1) is 17.9 Å². The molecule has 2 aromatic heterocycles. The molecule has 1 N–H and O–H groups in total. The number of nitrogens with zero attached hydrogens (tertiary/aromatic N) is 3. The van der Waals surface area contributed by atoms with E-state index < -0.39 is 0 Å². The number of nitrogens with one attached hydrogen (secondary N) is 1. The smallest absolute Gasteiger partial charge is 0.255 e. The summed E-state index contributed by atoms with van der Waals surface area (Å²) in [6, 6.07) is 21.4. The zero-order chi connectivity index (χ0) is 20.8. The van der Waals surface area contributed by atoms with E-state index in [-0.39, 0.29) is 5.91 Å². The lowest BCUT2D eigenvalue weighted by molar-refractivity contribution is 0.0951. The summed E-state index contributed by atoms with van der Waals surface area (Å²) < 4.78 is 6.97. The van der Waals surface area contributed by atoms with Gasteiger partial charge in [0.2, 0.25) is 0 Å². The standard InChI is InChI=1S/C24H22N4O2/c1-30-17-20-9-6-5-8-18(20)15-26-24(29)22-16-28(21-11-3-2-4-12-21)27-23(22)19-10-7-13-25-14-19/h2-14,16H,15,17H2,1H3,(H,26,29). The van der Waals surface area contributed by atoms with Gasteiger partial charge in [0.1, 0.15) is 5.69 Å². The minimum absolute atomic E-state index is 0.191. The lowest BCUT2D eigenvalue weighted by Crippen LogP contribution is -2.23. The van der Waals surface area contributed by atoms with Crippen LogP contribution in [0.5, 0.6) is 0 Å². The first kappa shape index (κ1) is 19.5. The highest BCUT2D eigenvalue weighted by Crippen LogP contribution is 2.23. The Kier molecular flexibility index (Phi) is 5.96.